The Bertz CT molecular complexity index is 653. The molecule has 9 heteroatoms. The Balaban J connectivity index is 2.43. The van der Waals surface area contributed by atoms with Crippen LogP contribution in [0.15, 0.2) is 35.5 Å². The van der Waals surface area contributed by atoms with Gasteiger partial charge in [0.15, 0.2) is 0 Å². The molecular formula is C13H8Cl2F3NO3. The van der Waals surface area contributed by atoms with Crippen LogP contribution in [-0.2, 0) is 15.2 Å². The van der Waals surface area contributed by atoms with Crippen molar-refractivity contribution < 1.29 is 27.9 Å². The minimum absolute atomic E-state index is 0.0178. The Morgan fingerprint density at radius 1 is 1.32 bits per heavy atom. The third kappa shape index (κ3) is 3.20. The van der Waals surface area contributed by atoms with Gasteiger partial charge in [-0.15, -0.1) is 0 Å². The van der Waals surface area contributed by atoms with Gasteiger partial charge >= 0.3 is 12.1 Å². The zero-order valence-corrected chi connectivity index (χ0v) is 12.2. The highest BCUT2D eigenvalue weighted by atomic mass is 35.5. The minimum atomic E-state index is -4.80. The van der Waals surface area contributed by atoms with Gasteiger partial charge in [-0.1, -0.05) is 28.4 Å². The second kappa shape index (κ2) is 5.81. The number of alkyl halides is 3. The number of benzene rings is 1. The van der Waals surface area contributed by atoms with E-state index in [1.165, 1.54) is 6.07 Å². The van der Waals surface area contributed by atoms with Gasteiger partial charge in [0.1, 0.15) is 0 Å². The summed E-state index contributed by atoms with van der Waals surface area (Å²) in [5.74, 6) is -1.31. The van der Waals surface area contributed by atoms with Crippen molar-refractivity contribution in [2.45, 2.75) is 18.2 Å². The first-order valence-corrected chi connectivity index (χ1v) is 6.59. The lowest BCUT2D eigenvalue weighted by Crippen LogP contribution is -2.42. The SMILES string of the molecule is O=C(O)C=CC1=NOC(c2cc(Cl)cc(Cl)c2)(C(F)(F)F)C1. The van der Waals surface area contributed by atoms with Crippen LogP contribution in [0, 0.1) is 0 Å². The third-order valence-electron chi connectivity index (χ3n) is 2.95. The van der Waals surface area contributed by atoms with Crippen molar-refractivity contribution in [2.24, 2.45) is 5.16 Å². The summed E-state index contributed by atoms with van der Waals surface area (Å²) in [4.78, 5) is 15.1. The van der Waals surface area contributed by atoms with Gasteiger partial charge in [0.2, 0.25) is 0 Å². The zero-order valence-electron chi connectivity index (χ0n) is 10.7. The number of aliphatic carboxylic acids is 1. The Labute approximate surface area is 132 Å². The van der Waals surface area contributed by atoms with Crippen LogP contribution in [0.3, 0.4) is 0 Å². The number of allylic oxidation sites excluding steroid dienone is 1. The molecule has 4 nitrogen and oxygen atoms in total. The van der Waals surface area contributed by atoms with Gasteiger partial charge in [-0.05, 0) is 24.3 Å². The molecule has 118 valence electrons. The summed E-state index contributed by atoms with van der Waals surface area (Å²) in [6, 6.07) is 3.46. The van der Waals surface area contributed by atoms with E-state index in [-0.39, 0.29) is 21.3 Å². The van der Waals surface area contributed by atoms with E-state index in [1.54, 1.807) is 0 Å². The number of rotatable bonds is 3. The second-order valence-electron chi connectivity index (χ2n) is 4.51. The molecule has 1 N–H and O–H groups in total. The quantitative estimate of drug-likeness (QED) is 0.829. The Morgan fingerprint density at radius 3 is 2.41 bits per heavy atom. The van der Waals surface area contributed by atoms with Gasteiger partial charge in [0.05, 0.1) is 5.71 Å². The maximum Gasteiger partial charge on any atom is 0.435 e. The molecule has 0 saturated heterocycles. The minimum Gasteiger partial charge on any atom is -0.478 e. The lowest BCUT2D eigenvalue weighted by molar-refractivity contribution is -0.275. The van der Waals surface area contributed by atoms with Gasteiger partial charge in [0.25, 0.3) is 5.60 Å². The first-order valence-electron chi connectivity index (χ1n) is 5.83. The fourth-order valence-corrected chi connectivity index (χ4v) is 2.50. The predicted molar refractivity (Wildman–Crippen MR) is 74.1 cm³/mol. The van der Waals surface area contributed by atoms with Crippen molar-refractivity contribution in [1.82, 2.24) is 0 Å². The van der Waals surface area contributed by atoms with E-state index in [9.17, 15) is 18.0 Å². The fraction of sp³-hybridized carbons (Fsp3) is 0.231. The van der Waals surface area contributed by atoms with E-state index < -0.39 is 24.2 Å². The maximum absolute atomic E-state index is 13.5. The molecule has 0 aliphatic carbocycles. The molecule has 0 spiro atoms. The highest BCUT2D eigenvalue weighted by molar-refractivity contribution is 6.34. The van der Waals surface area contributed by atoms with Crippen LogP contribution in [-0.4, -0.2) is 23.0 Å². The maximum atomic E-state index is 13.5. The number of nitrogens with zero attached hydrogens (tertiary/aromatic N) is 1. The van der Waals surface area contributed by atoms with E-state index in [4.69, 9.17) is 28.3 Å². The molecule has 1 unspecified atom stereocenters. The molecule has 0 saturated carbocycles. The molecule has 0 amide bonds. The number of halogens is 5. The molecule has 22 heavy (non-hydrogen) atoms. The summed E-state index contributed by atoms with van der Waals surface area (Å²) in [6.07, 6.45) is -3.86. The van der Waals surface area contributed by atoms with Crippen molar-refractivity contribution in [3.05, 3.63) is 46.0 Å². The molecule has 1 aromatic rings. The molecule has 0 radical (unpaired) electrons. The van der Waals surface area contributed by atoms with Crippen molar-refractivity contribution in [1.29, 1.82) is 0 Å². The van der Waals surface area contributed by atoms with Crippen molar-refractivity contribution >= 4 is 34.9 Å². The van der Waals surface area contributed by atoms with E-state index in [0.717, 1.165) is 18.2 Å². The zero-order chi connectivity index (χ0) is 16.5. The lowest BCUT2D eigenvalue weighted by Gasteiger charge is -2.29. The summed E-state index contributed by atoms with van der Waals surface area (Å²) in [7, 11) is 0. The monoisotopic (exact) mass is 353 g/mol. The Morgan fingerprint density at radius 2 is 1.91 bits per heavy atom. The van der Waals surface area contributed by atoms with Gasteiger partial charge in [-0.25, -0.2) is 4.79 Å². The van der Waals surface area contributed by atoms with Crippen LogP contribution >= 0.6 is 23.2 Å². The van der Waals surface area contributed by atoms with E-state index in [2.05, 4.69) is 9.99 Å². The summed E-state index contributed by atoms with van der Waals surface area (Å²) >= 11 is 11.5. The Hall–Kier alpha value is -1.73. The molecule has 1 aromatic carbocycles. The second-order valence-corrected chi connectivity index (χ2v) is 5.38. The number of hydrogen-bond acceptors (Lipinski definition) is 3. The molecule has 1 atom stereocenters. The lowest BCUT2D eigenvalue weighted by atomic mass is 9.88. The van der Waals surface area contributed by atoms with Crippen LogP contribution < -0.4 is 0 Å². The average molecular weight is 354 g/mol. The van der Waals surface area contributed by atoms with Crippen LogP contribution in [0.1, 0.15) is 12.0 Å². The highest BCUT2D eigenvalue weighted by Gasteiger charge is 2.62. The molecule has 0 aromatic heterocycles. The largest absolute Gasteiger partial charge is 0.478 e. The number of carboxylic acid groups (broad SMARTS) is 1. The van der Waals surface area contributed by atoms with Crippen LogP contribution in [0.5, 0.6) is 0 Å². The topological polar surface area (TPSA) is 58.9 Å². The highest BCUT2D eigenvalue weighted by Crippen LogP contribution is 2.49. The van der Waals surface area contributed by atoms with Crippen molar-refractivity contribution in [3.63, 3.8) is 0 Å². The molecule has 1 aliphatic rings. The number of carbonyl (C=O) groups is 1. The smallest absolute Gasteiger partial charge is 0.435 e. The normalized spacial score (nSPS) is 21.8. The fourth-order valence-electron chi connectivity index (χ4n) is 1.97. The van der Waals surface area contributed by atoms with Crippen molar-refractivity contribution in [2.75, 3.05) is 0 Å². The number of hydrogen-bond donors (Lipinski definition) is 1. The number of oxime groups is 1. The van der Waals surface area contributed by atoms with Crippen LogP contribution in [0.2, 0.25) is 10.0 Å². The average Bonchev–Trinajstić information content (AvgIpc) is 2.80. The van der Waals surface area contributed by atoms with Gasteiger partial charge in [-0.2, -0.15) is 13.2 Å². The third-order valence-corrected chi connectivity index (χ3v) is 3.39. The first kappa shape index (κ1) is 16.6. The van der Waals surface area contributed by atoms with E-state index in [1.807, 2.05) is 0 Å². The molecule has 2 rings (SSSR count). The molecule has 1 aliphatic heterocycles. The van der Waals surface area contributed by atoms with E-state index >= 15 is 0 Å². The molecule has 0 fully saturated rings. The first-order chi connectivity index (χ1) is 10.1. The summed E-state index contributed by atoms with van der Waals surface area (Å²) < 4.78 is 40.5. The molecule has 1 heterocycles. The van der Waals surface area contributed by atoms with Crippen molar-refractivity contribution in [3.8, 4) is 0 Å². The van der Waals surface area contributed by atoms with Gasteiger partial charge in [-0.3, -0.25) is 0 Å². The standard InChI is InChI=1S/C13H8Cl2F3NO3/c14-8-3-7(4-9(15)5-8)12(13(16,17)18)6-10(19-22-12)1-2-11(20)21/h1-5H,6H2,(H,20,21). The summed E-state index contributed by atoms with van der Waals surface area (Å²) in [5, 5.41) is 11.9. The summed E-state index contributed by atoms with van der Waals surface area (Å²) in [5.41, 5.74) is -3.21. The molecular weight excluding hydrogens is 346 g/mol. The van der Waals surface area contributed by atoms with E-state index in [0.29, 0.717) is 6.08 Å². The van der Waals surface area contributed by atoms with Gasteiger partial charge in [0, 0.05) is 28.1 Å². The van der Waals surface area contributed by atoms with Gasteiger partial charge < -0.3 is 9.94 Å². The molecule has 0 bridgehead atoms. The van der Waals surface area contributed by atoms with Crippen LogP contribution in [0.4, 0.5) is 13.2 Å². The predicted octanol–water partition coefficient (Wildman–Crippen LogP) is 4.17. The summed E-state index contributed by atoms with van der Waals surface area (Å²) in [6.45, 7) is 0. The number of carboxylic acids is 1. The Kier molecular flexibility index (Phi) is 4.39. The van der Waals surface area contributed by atoms with Crippen LogP contribution in [0.25, 0.3) is 0 Å².